The van der Waals surface area contributed by atoms with Crippen LogP contribution in [0.3, 0.4) is 0 Å². The van der Waals surface area contributed by atoms with Crippen LogP contribution in [-0.4, -0.2) is 31.2 Å². The Morgan fingerprint density at radius 1 is 1.05 bits per heavy atom. The summed E-state index contributed by atoms with van der Waals surface area (Å²) < 4.78 is 13.9. The van der Waals surface area contributed by atoms with Crippen molar-refractivity contribution in [2.24, 2.45) is 0 Å². The summed E-state index contributed by atoms with van der Waals surface area (Å²) in [6.07, 6.45) is 0. The number of nitrogens with zero attached hydrogens (tertiary/aromatic N) is 2. The molecule has 5 heteroatoms. The molecule has 1 heterocycles. The van der Waals surface area contributed by atoms with Crippen molar-refractivity contribution >= 4 is 23.0 Å². The number of anilines is 3. The monoisotopic (exact) mass is 286 g/mol. The number of hydrogen-bond acceptors (Lipinski definition) is 3. The van der Waals surface area contributed by atoms with E-state index in [0.717, 1.165) is 17.9 Å². The molecule has 21 heavy (non-hydrogen) atoms. The van der Waals surface area contributed by atoms with Gasteiger partial charge < -0.3 is 14.9 Å². The lowest BCUT2D eigenvalue weighted by molar-refractivity contribution is 0.0692. The number of benzene rings is 2. The van der Waals surface area contributed by atoms with E-state index < -0.39 is 11.8 Å². The molecule has 0 spiro atoms. The van der Waals surface area contributed by atoms with Crippen molar-refractivity contribution in [3.05, 3.63) is 53.8 Å². The third kappa shape index (κ3) is 2.20. The topological polar surface area (TPSA) is 43.8 Å². The second-order valence-corrected chi connectivity index (χ2v) is 5.00. The van der Waals surface area contributed by atoms with Gasteiger partial charge in [-0.25, -0.2) is 9.18 Å². The van der Waals surface area contributed by atoms with Gasteiger partial charge in [0.25, 0.3) is 0 Å². The van der Waals surface area contributed by atoms with E-state index >= 15 is 0 Å². The van der Waals surface area contributed by atoms with E-state index in [1.807, 2.05) is 36.2 Å². The molecule has 1 aliphatic rings. The minimum atomic E-state index is -1.25. The van der Waals surface area contributed by atoms with E-state index in [9.17, 15) is 14.3 Å². The maximum absolute atomic E-state index is 13.9. The number of fused-ring (bicyclic) bond motifs is 1. The van der Waals surface area contributed by atoms with E-state index in [0.29, 0.717) is 12.2 Å². The zero-order valence-corrected chi connectivity index (χ0v) is 11.6. The normalized spacial score (nSPS) is 14.0. The van der Waals surface area contributed by atoms with Gasteiger partial charge in [-0.1, -0.05) is 18.2 Å². The molecule has 1 aliphatic heterocycles. The van der Waals surface area contributed by atoms with Crippen LogP contribution in [0.25, 0.3) is 0 Å². The lowest BCUT2D eigenvalue weighted by Crippen LogP contribution is -2.37. The molecule has 0 radical (unpaired) electrons. The summed E-state index contributed by atoms with van der Waals surface area (Å²) in [5.41, 5.74) is 2.00. The fraction of sp³-hybridized carbons (Fsp3) is 0.188. The number of likely N-dealkylation sites (N-methyl/N-ethyl adjacent to an activating group) is 1. The summed E-state index contributed by atoms with van der Waals surface area (Å²) in [7, 11) is 1.99. The van der Waals surface area contributed by atoms with Crippen LogP contribution in [0.2, 0.25) is 0 Å². The van der Waals surface area contributed by atoms with Gasteiger partial charge in [-0.15, -0.1) is 0 Å². The van der Waals surface area contributed by atoms with E-state index in [-0.39, 0.29) is 5.56 Å². The fourth-order valence-corrected chi connectivity index (χ4v) is 2.71. The molecule has 0 aromatic heterocycles. The van der Waals surface area contributed by atoms with E-state index in [1.165, 1.54) is 12.1 Å². The van der Waals surface area contributed by atoms with Gasteiger partial charge in [0.1, 0.15) is 11.4 Å². The van der Waals surface area contributed by atoms with Crippen molar-refractivity contribution in [2.75, 3.05) is 29.9 Å². The molecular formula is C16H15FN2O2. The van der Waals surface area contributed by atoms with Crippen molar-refractivity contribution in [2.45, 2.75) is 0 Å². The smallest absolute Gasteiger partial charge is 0.340 e. The highest BCUT2D eigenvalue weighted by molar-refractivity contribution is 5.97. The summed E-state index contributed by atoms with van der Waals surface area (Å²) in [5.74, 6) is -1.96. The molecule has 0 fully saturated rings. The Balaban J connectivity index is 2.17. The van der Waals surface area contributed by atoms with Crippen LogP contribution in [0.4, 0.5) is 21.5 Å². The van der Waals surface area contributed by atoms with Gasteiger partial charge in [0.05, 0.1) is 17.1 Å². The Labute approximate surface area is 122 Å². The average Bonchev–Trinajstić information content (AvgIpc) is 2.47. The second-order valence-electron chi connectivity index (χ2n) is 5.00. The fourth-order valence-electron chi connectivity index (χ4n) is 2.71. The molecule has 0 saturated heterocycles. The van der Waals surface area contributed by atoms with Crippen LogP contribution in [0.15, 0.2) is 42.5 Å². The van der Waals surface area contributed by atoms with Crippen molar-refractivity contribution in [1.29, 1.82) is 0 Å². The van der Waals surface area contributed by atoms with Gasteiger partial charge in [-0.2, -0.15) is 0 Å². The quantitative estimate of drug-likeness (QED) is 0.921. The minimum absolute atomic E-state index is 0.281. The molecule has 2 aromatic carbocycles. The first kappa shape index (κ1) is 13.4. The third-order valence-corrected chi connectivity index (χ3v) is 3.74. The molecule has 0 saturated carbocycles. The molecule has 0 bridgehead atoms. The first-order chi connectivity index (χ1) is 10.1. The van der Waals surface area contributed by atoms with Crippen LogP contribution in [0.1, 0.15) is 10.4 Å². The highest BCUT2D eigenvalue weighted by Gasteiger charge is 2.26. The highest BCUT2D eigenvalue weighted by atomic mass is 19.1. The molecule has 0 unspecified atom stereocenters. The molecular weight excluding hydrogens is 271 g/mol. The maximum atomic E-state index is 13.9. The summed E-state index contributed by atoms with van der Waals surface area (Å²) in [6.45, 7) is 1.35. The Hall–Kier alpha value is -2.56. The molecule has 1 N–H and O–H groups in total. The zero-order chi connectivity index (χ0) is 15.0. The van der Waals surface area contributed by atoms with Crippen molar-refractivity contribution in [3.63, 3.8) is 0 Å². The predicted molar refractivity (Wildman–Crippen MR) is 80.1 cm³/mol. The number of carbonyl (C=O) groups is 1. The van der Waals surface area contributed by atoms with Gasteiger partial charge in [-0.05, 0) is 24.3 Å². The van der Waals surface area contributed by atoms with Gasteiger partial charge in [-0.3, -0.25) is 0 Å². The maximum Gasteiger partial charge on any atom is 0.340 e. The van der Waals surface area contributed by atoms with Crippen LogP contribution in [-0.2, 0) is 0 Å². The number of rotatable bonds is 2. The van der Waals surface area contributed by atoms with Crippen LogP contribution < -0.4 is 9.80 Å². The molecule has 4 nitrogen and oxygen atoms in total. The molecule has 0 atom stereocenters. The standard InChI is InChI=1S/C16H15FN2O2/c1-18-9-10-19(13-7-3-2-6-12(13)18)14-8-4-5-11(17)15(14)16(20)21/h2-8H,9-10H2,1H3,(H,20,21). The van der Waals surface area contributed by atoms with Crippen molar-refractivity contribution in [3.8, 4) is 0 Å². The first-order valence-electron chi connectivity index (χ1n) is 6.69. The van der Waals surface area contributed by atoms with Gasteiger partial charge in [0.15, 0.2) is 0 Å². The van der Waals surface area contributed by atoms with E-state index in [2.05, 4.69) is 4.90 Å². The Bertz CT molecular complexity index is 702. The SMILES string of the molecule is CN1CCN(c2cccc(F)c2C(=O)O)c2ccccc21. The molecule has 108 valence electrons. The van der Waals surface area contributed by atoms with Crippen LogP contribution in [0.5, 0.6) is 0 Å². The molecule has 3 rings (SSSR count). The lowest BCUT2D eigenvalue weighted by Gasteiger charge is -2.37. The van der Waals surface area contributed by atoms with Crippen LogP contribution in [0, 0.1) is 5.82 Å². The predicted octanol–water partition coefficient (Wildman–Crippen LogP) is 3.11. The second kappa shape index (κ2) is 5.09. The highest BCUT2D eigenvalue weighted by Crippen LogP contribution is 2.38. The number of hydrogen-bond donors (Lipinski definition) is 1. The Kier molecular flexibility index (Phi) is 3.25. The molecule has 0 aliphatic carbocycles. The largest absolute Gasteiger partial charge is 0.478 e. The lowest BCUT2D eigenvalue weighted by atomic mass is 10.1. The summed E-state index contributed by atoms with van der Waals surface area (Å²) in [6, 6.07) is 12.1. The van der Waals surface area contributed by atoms with E-state index in [1.54, 1.807) is 6.07 Å². The third-order valence-electron chi connectivity index (χ3n) is 3.74. The van der Waals surface area contributed by atoms with Gasteiger partial charge >= 0.3 is 5.97 Å². The number of carboxylic acid groups (broad SMARTS) is 1. The summed E-state index contributed by atoms with van der Waals surface area (Å²) in [4.78, 5) is 15.4. The minimum Gasteiger partial charge on any atom is -0.478 e. The number of carboxylic acids is 1. The zero-order valence-electron chi connectivity index (χ0n) is 11.6. The van der Waals surface area contributed by atoms with E-state index in [4.69, 9.17) is 0 Å². The Morgan fingerprint density at radius 2 is 1.71 bits per heavy atom. The summed E-state index contributed by atoms with van der Waals surface area (Å²) in [5, 5.41) is 9.30. The number of halogens is 1. The van der Waals surface area contributed by atoms with Gasteiger partial charge in [0.2, 0.25) is 0 Å². The molecule has 2 aromatic rings. The van der Waals surface area contributed by atoms with Gasteiger partial charge in [0, 0.05) is 20.1 Å². The van der Waals surface area contributed by atoms with Crippen LogP contribution >= 0.6 is 0 Å². The van der Waals surface area contributed by atoms with Crippen molar-refractivity contribution < 1.29 is 14.3 Å². The average molecular weight is 286 g/mol. The summed E-state index contributed by atoms with van der Waals surface area (Å²) >= 11 is 0. The molecule has 0 amide bonds. The van der Waals surface area contributed by atoms with Crippen molar-refractivity contribution in [1.82, 2.24) is 0 Å². The first-order valence-corrected chi connectivity index (χ1v) is 6.69. The Morgan fingerprint density at radius 3 is 2.43 bits per heavy atom. The number of para-hydroxylation sites is 2. The number of aromatic carboxylic acids is 1.